The van der Waals surface area contributed by atoms with E-state index in [2.05, 4.69) is 10.3 Å². The number of carbonyl (C=O) groups is 1. The molecule has 1 saturated carbocycles. The molecule has 19 heavy (non-hydrogen) atoms. The first-order valence-electron chi connectivity index (χ1n) is 6.48. The van der Waals surface area contributed by atoms with Crippen molar-refractivity contribution in [2.75, 3.05) is 0 Å². The Morgan fingerprint density at radius 1 is 1.42 bits per heavy atom. The van der Waals surface area contributed by atoms with Gasteiger partial charge in [0.2, 0.25) is 0 Å². The largest absolute Gasteiger partial charge is 0.489 e. The van der Waals surface area contributed by atoms with Crippen LogP contribution in [-0.4, -0.2) is 28.8 Å². The van der Waals surface area contributed by atoms with Crippen molar-refractivity contribution in [2.45, 2.75) is 51.4 Å². The molecule has 1 heterocycles. The van der Waals surface area contributed by atoms with Crippen molar-refractivity contribution in [1.29, 1.82) is 0 Å². The maximum absolute atomic E-state index is 11.5. The predicted octanol–water partition coefficient (Wildman–Crippen LogP) is 2.52. The number of ether oxygens (including phenoxy) is 2. The zero-order valence-electron chi connectivity index (χ0n) is 11.6. The molecule has 5 heteroatoms. The highest BCUT2D eigenvalue weighted by atomic mass is 16.6. The summed E-state index contributed by atoms with van der Waals surface area (Å²) in [5.74, 6) is 0.767. The third-order valence-electron chi connectivity index (χ3n) is 2.75. The van der Waals surface area contributed by atoms with Crippen LogP contribution in [0.2, 0.25) is 0 Å². The molecule has 0 aliphatic heterocycles. The minimum Gasteiger partial charge on any atom is -0.489 e. The number of nitrogens with zero attached hydrogens (tertiary/aromatic N) is 1. The minimum atomic E-state index is -0.459. The van der Waals surface area contributed by atoms with E-state index >= 15 is 0 Å². The van der Waals surface area contributed by atoms with Crippen molar-refractivity contribution in [3.05, 3.63) is 24.5 Å². The summed E-state index contributed by atoms with van der Waals surface area (Å²) >= 11 is 0. The molecule has 0 radical (unpaired) electrons. The third-order valence-corrected chi connectivity index (χ3v) is 2.75. The van der Waals surface area contributed by atoms with Crippen molar-refractivity contribution in [3.63, 3.8) is 0 Å². The van der Waals surface area contributed by atoms with Gasteiger partial charge in [-0.2, -0.15) is 0 Å². The molecule has 0 saturated heterocycles. The van der Waals surface area contributed by atoms with Gasteiger partial charge in [-0.15, -0.1) is 0 Å². The van der Waals surface area contributed by atoms with Gasteiger partial charge in [-0.05, 0) is 32.9 Å². The first-order valence-corrected chi connectivity index (χ1v) is 6.48. The van der Waals surface area contributed by atoms with Crippen LogP contribution in [-0.2, 0) is 4.74 Å². The van der Waals surface area contributed by atoms with E-state index in [4.69, 9.17) is 9.47 Å². The molecule has 5 nitrogen and oxygen atoms in total. The van der Waals surface area contributed by atoms with Crippen LogP contribution in [0.15, 0.2) is 24.5 Å². The number of aromatic nitrogens is 1. The Kier molecular flexibility index (Phi) is 3.93. The van der Waals surface area contributed by atoms with E-state index in [-0.39, 0.29) is 18.2 Å². The van der Waals surface area contributed by atoms with E-state index in [0.29, 0.717) is 0 Å². The van der Waals surface area contributed by atoms with E-state index in [0.717, 1.165) is 18.6 Å². The Morgan fingerprint density at radius 3 is 2.74 bits per heavy atom. The fraction of sp³-hybridized carbons (Fsp3) is 0.571. The second-order valence-corrected chi connectivity index (χ2v) is 5.74. The summed E-state index contributed by atoms with van der Waals surface area (Å²) < 4.78 is 10.9. The van der Waals surface area contributed by atoms with Crippen molar-refractivity contribution in [2.24, 2.45) is 0 Å². The normalized spacial score (nSPS) is 22.3. The minimum absolute atomic E-state index is 0.136. The molecule has 0 unspecified atom stereocenters. The molecule has 0 bridgehead atoms. The average Bonchev–Trinajstić information content (AvgIpc) is 2.25. The molecule has 1 aromatic rings. The van der Waals surface area contributed by atoms with Crippen LogP contribution in [0.3, 0.4) is 0 Å². The van der Waals surface area contributed by atoms with Crippen LogP contribution in [0, 0.1) is 0 Å². The van der Waals surface area contributed by atoms with Gasteiger partial charge in [0.15, 0.2) is 0 Å². The number of nitrogens with one attached hydrogen (secondary N) is 1. The van der Waals surface area contributed by atoms with E-state index < -0.39 is 5.60 Å². The van der Waals surface area contributed by atoms with Crippen LogP contribution < -0.4 is 10.1 Å². The summed E-state index contributed by atoms with van der Waals surface area (Å²) in [4.78, 5) is 15.5. The van der Waals surface area contributed by atoms with Crippen LogP contribution in [0.1, 0.15) is 33.6 Å². The lowest BCUT2D eigenvalue weighted by atomic mass is 9.89. The van der Waals surface area contributed by atoms with Crippen LogP contribution in [0.25, 0.3) is 0 Å². The van der Waals surface area contributed by atoms with E-state index in [9.17, 15) is 4.79 Å². The Morgan fingerprint density at radius 2 is 2.16 bits per heavy atom. The number of hydrogen-bond donors (Lipinski definition) is 1. The first kappa shape index (κ1) is 13.6. The molecule has 0 atom stereocenters. The van der Waals surface area contributed by atoms with Gasteiger partial charge in [-0.25, -0.2) is 4.79 Å². The van der Waals surface area contributed by atoms with Gasteiger partial charge in [0, 0.05) is 25.1 Å². The number of rotatable bonds is 3. The quantitative estimate of drug-likeness (QED) is 0.911. The summed E-state index contributed by atoms with van der Waals surface area (Å²) in [6, 6.07) is 3.85. The maximum Gasteiger partial charge on any atom is 0.407 e. The molecule has 1 aromatic heterocycles. The number of amides is 1. The fourth-order valence-corrected chi connectivity index (χ4v) is 1.86. The molecule has 1 amide bonds. The van der Waals surface area contributed by atoms with Crippen molar-refractivity contribution < 1.29 is 14.3 Å². The van der Waals surface area contributed by atoms with Crippen molar-refractivity contribution in [1.82, 2.24) is 10.3 Å². The first-order chi connectivity index (χ1) is 8.92. The standard InChI is InChI=1S/C14H20N2O3/c1-14(2,3)19-13(17)16-10-7-12(8-10)18-11-5-4-6-15-9-11/h4-6,9-10,12H,7-8H2,1-3H3,(H,16,17)/t10-,12-. The summed E-state index contributed by atoms with van der Waals surface area (Å²) in [7, 11) is 0. The number of pyridine rings is 1. The lowest BCUT2D eigenvalue weighted by Gasteiger charge is -2.36. The Labute approximate surface area is 113 Å². The van der Waals surface area contributed by atoms with Gasteiger partial charge in [0.1, 0.15) is 17.5 Å². The van der Waals surface area contributed by atoms with Gasteiger partial charge < -0.3 is 14.8 Å². The molecule has 0 aromatic carbocycles. The van der Waals surface area contributed by atoms with Gasteiger partial charge in [0.25, 0.3) is 0 Å². The van der Waals surface area contributed by atoms with Crippen molar-refractivity contribution >= 4 is 6.09 Å². The Bertz CT molecular complexity index is 422. The topological polar surface area (TPSA) is 60.5 Å². The van der Waals surface area contributed by atoms with Gasteiger partial charge in [-0.1, -0.05) is 0 Å². The van der Waals surface area contributed by atoms with Gasteiger partial charge in [-0.3, -0.25) is 4.98 Å². The monoisotopic (exact) mass is 264 g/mol. The number of carbonyl (C=O) groups excluding carboxylic acids is 1. The molecule has 0 spiro atoms. The molecule has 1 aliphatic carbocycles. The number of alkyl carbamates (subject to hydrolysis) is 1. The van der Waals surface area contributed by atoms with Gasteiger partial charge in [0.05, 0.1) is 6.20 Å². The Balaban J connectivity index is 1.68. The molecule has 1 fully saturated rings. The third kappa shape index (κ3) is 4.43. The maximum atomic E-state index is 11.5. The van der Waals surface area contributed by atoms with Crippen LogP contribution >= 0.6 is 0 Å². The van der Waals surface area contributed by atoms with Crippen LogP contribution in [0.4, 0.5) is 4.79 Å². The fourth-order valence-electron chi connectivity index (χ4n) is 1.86. The van der Waals surface area contributed by atoms with E-state index in [1.54, 1.807) is 12.4 Å². The van der Waals surface area contributed by atoms with Crippen molar-refractivity contribution in [3.8, 4) is 5.75 Å². The smallest absolute Gasteiger partial charge is 0.407 e. The molecular formula is C14H20N2O3. The summed E-state index contributed by atoms with van der Waals surface area (Å²) in [6.45, 7) is 5.55. The highest BCUT2D eigenvalue weighted by Crippen LogP contribution is 2.25. The predicted molar refractivity (Wildman–Crippen MR) is 71.0 cm³/mol. The molecule has 1 N–H and O–H groups in total. The summed E-state index contributed by atoms with van der Waals surface area (Å²) in [6.07, 6.45) is 4.78. The highest BCUT2D eigenvalue weighted by Gasteiger charge is 2.33. The zero-order valence-corrected chi connectivity index (χ0v) is 11.6. The molecular weight excluding hydrogens is 244 g/mol. The molecule has 2 rings (SSSR count). The Hall–Kier alpha value is -1.78. The SMILES string of the molecule is CC(C)(C)OC(=O)N[C@H]1C[C@H](Oc2cccnc2)C1. The van der Waals surface area contributed by atoms with Gasteiger partial charge >= 0.3 is 6.09 Å². The average molecular weight is 264 g/mol. The lowest BCUT2D eigenvalue weighted by Crippen LogP contribution is -2.50. The van der Waals surface area contributed by atoms with Crippen LogP contribution in [0.5, 0.6) is 5.75 Å². The molecule has 1 aliphatic rings. The number of hydrogen-bond acceptors (Lipinski definition) is 4. The highest BCUT2D eigenvalue weighted by molar-refractivity contribution is 5.68. The zero-order chi connectivity index (χ0) is 13.9. The second kappa shape index (κ2) is 5.47. The van der Waals surface area contributed by atoms with E-state index in [1.807, 2.05) is 32.9 Å². The summed E-state index contributed by atoms with van der Waals surface area (Å²) in [5.41, 5.74) is -0.459. The molecule has 104 valence electrons. The second-order valence-electron chi connectivity index (χ2n) is 5.74. The lowest BCUT2D eigenvalue weighted by molar-refractivity contribution is 0.0362. The summed E-state index contributed by atoms with van der Waals surface area (Å²) in [5, 5.41) is 2.83. The van der Waals surface area contributed by atoms with E-state index in [1.165, 1.54) is 0 Å².